The molecule has 0 aliphatic carbocycles. The molecule has 2 aliphatic heterocycles. The Morgan fingerprint density at radius 3 is 2.64 bits per heavy atom. The number of nitrogens with one attached hydrogen (secondary N) is 1. The van der Waals surface area contributed by atoms with Gasteiger partial charge in [-0.2, -0.15) is 0 Å². The van der Waals surface area contributed by atoms with Crippen molar-refractivity contribution in [2.24, 2.45) is 0 Å². The summed E-state index contributed by atoms with van der Waals surface area (Å²) in [4.78, 5) is 34.2. The molecule has 1 atom stereocenters. The van der Waals surface area contributed by atoms with Crippen molar-refractivity contribution < 1.29 is 19.1 Å². The molecule has 3 amide bonds. The summed E-state index contributed by atoms with van der Waals surface area (Å²) in [6.07, 6.45) is 3.25. The van der Waals surface area contributed by atoms with Crippen molar-refractivity contribution in [1.82, 2.24) is 15.3 Å². The summed E-state index contributed by atoms with van der Waals surface area (Å²) < 4.78 is 11.7. The van der Waals surface area contributed by atoms with Gasteiger partial charge in [-0.25, -0.2) is 19.7 Å². The van der Waals surface area contributed by atoms with Gasteiger partial charge in [-0.3, -0.25) is 4.79 Å². The molecule has 3 heterocycles. The highest BCUT2D eigenvalue weighted by Gasteiger charge is 2.48. The molecule has 0 saturated carbocycles. The highest BCUT2D eigenvalue weighted by atomic mass is 16.5. The van der Waals surface area contributed by atoms with E-state index in [1.807, 2.05) is 25.1 Å². The number of fused-ring (bicyclic) bond motifs is 1. The van der Waals surface area contributed by atoms with E-state index in [-0.39, 0.29) is 23.0 Å². The van der Waals surface area contributed by atoms with Crippen LogP contribution in [0.2, 0.25) is 0 Å². The number of nitrogens with zero attached hydrogens (tertiary/aromatic N) is 3. The van der Waals surface area contributed by atoms with Gasteiger partial charge in [0.05, 0.1) is 19.0 Å². The van der Waals surface area contributed by atoms with E-state index >= 15 is 0 Å². The van der Waals surface area contributed by atoms with E-state index in [1.165, 1.54) is 12.4 Å². The zero-order valence-corrected chi connectivity index (χ0v) is 16.3. The van der Waals surface area contributed by atoms with Crippen LogP contribution in [0.5, 0.6) is 17.4 Å². The van der Waals surface area contributed by atoms with Crippen molar-refractivity contribution in [3.63, 3.8) is 0 Å². The van der Waals surface area contributed by atoms with Gasteiger partial charge in [0.25, 0.3) is 5.91 Å². The topological polar surface area (TPSA) is 93.7 Å². The van der Waals surface area contributed by atoms with Gasteiger partial charge in [-0.1, -0.05) is 26.8 Å². The zero-order chi connectivity index (χ0) is 20.1. The summed E-state index contributed by atoms with van der Waals surface area (Å²) in [6, 6.07) is 5.12. The molecule has 2 aromatic rings. The standard InChI is InChI=1S/C20H22N4O4/c1-5-20(4)17(25)24(18(26)23-20)14-9-22-15(10-21-14)28-13-8-6-7-12-16(13)19(2,3)11-27-12/h6-10H,5,11H2,1-4H3,(H,23,26)/t20-/m1/s1. The Morgan fingerprint density at radius 2 is 2.00 bits per heavy atom. The van der Waals surface area contributed by atoms with Gasteiger partial charge in [0.15, 0.2) is 5.82 Å². The van der Waals surface area contributed by atoms with Gasteiger partial charge in [0.2, 0.25) is 5.88 Å². The molecule has 0 spiro atoms. The van der Waals surface area contributed by atoms with Crippen molar-refractivity contribution in [3.05, 3.63) is 36.2 Å². The second kappa shape index (κ2) is 6.19. The largest absolute Gasteiger partial charge is 0.492 e. The minimum absolute atomic E-state index is 0.161. The van der Waals surface area contributed by atoms with E-state index in [4.69, 9.17) is 9.47 Å². The molecule has 1 fully saturated rings. The van der Waals surface area contributed by atoms with Gasteiger partial charge < -0.3 is 14.8 Å². The third kappa shape index (κ3) is 2.76. The summed E-state index contributed by atoms with van der Waals surface area (Å²) in [5, 5.41) is 2.69. The smallest absolute Gasteiger partial charge is 0.330 e. The number of carbonyl (C=O) groups excluding carboxylic acids is 2. The molecule has 1 aromatic heterocycles. The average molecular weight is 382 g/mol. The van der Waals surface area contributed by atoms with Crippen LogP contribution < -0.4 is 19.7 Å². The summed E-state index contributed by atoms with van der Waals surface area (Å²) in [6.45, 7) is 8.28. The van der Waals surface area contributed by atoms with Gasteiger partial charge in [0, 0.05) is 11.0 Å². The number of hydrogen-bond donors (Lipinski definition) is 1. The molecule has 2 aliphatic rings. The molecule has 0 unspecified atom stereocenters. The molecule has 28 heavy (non-hydrogen) atoms. The number of hydrogen-bond acceptors (Lipinski definition) is 6. The van der Waals surface area contributed by atoms with E-state index < -0.39 is 11.6 Å². The van der Waals surface area contributed by atoms with Gasteiger partial charge >= 0.3 is 6.03 Å². The van der Waals surface area contributed by atoms with Crippen LogP contribution in [-0.2, 0) is 10.2 Å². The van der Waals surface area contributed by atoms with Gasteiger partial charge in [-0.15, -0.1) is 0 Å². The minimum Gasteiger partial charge on any atom is -0.492 e. The van der Waals surface area contributed by atoms with Crippen molar-refractivity contribution in [3.8, 4) is 17.4 Å². The second-order valence-corrected chi connectivity index (χ2v) is 7.87. The molecular formula is C20H22N4O4. The molecule has 1 N–H and O–H groups in total. The van der Waals surface area contributed by atoms with Crippen molar-refractivity contribution in [2.45, 2.75) is 45.1 Å². The third-order valence-electron chi connectivity index (χ3n) is 5.28. The van der Waals surface area contributed by atoms with Crippen LogP contribution in [0.3, 0.4) is 0 Å². The summed E-state index contributed by atoms with van der Waals surface area (Å²) >= 11 is 0. The van der Waals surface area contributed by atoms with Crippen molar-refractivity contribution >= 4 is 17.8 Å². The summed E-state index contributed by atoms with van der Waals surface area (Å²) in [7, 11) is 0. The lowest BCUT2D eigenvalue weighted by molar-refractivity contribution is -0.121. The van der Waals surface area contributed by atoms with Crippen LogP contribution in [0.4, 0.5) is 10.6 Å². The van der Waals surface area contributed by atoms with E-state index in [2.05, 4.69) is 29.1 Å². The molecule has 146 valence electrons. The highest BCUT2D eigenvalue weighted by molar-refractivity contribution is 6.22. The van der Waals surface area contributed by atoms with Crippen LogP contribution in [-0.4, -0.2) is 34.1 Å². The lowest BCUT2D eigenvalue weighted by Crippen LogP contribution is -2.43. The number of anilines is 1. The molecule has 1 aromatic carbocycles. The first kappa shape index (κ1) is 18.2. The van der Waals surface area contributed by atoms with Crippen LogP contribution in [0.15, 0.2) is 30.6 Å². The minimum atomic E-state index is -0.926. The maximum absolute atomic E-state index is 12.6. The highest BCUT2D eigenvalue weighted by Crippen LogP contribution is 2.45. The average Bonchev–Trinajstić information content (AvgIpc) is 3.10. The first-order chi connectivity index (χ1) is 13.2. The van der Waals surface area contributed by atoms with E-state index in [1.54, 1.807) is 6.92 Å². The fraction of sp³-hybridized carbons (Fsp3) is 0.400. The summed E-state index contributed by atoms with van der Waals surface area (Å²) in [5.74, 6) is 1.53. The van der Waals surface area contributed by atoms with E-state index in [0.29, 0.717) is 18.8 Å². The van der Waals surface area contributed by atoms with Crippen LogP contribution >= 0.6 is 0 Å². The number of ether oxygens (including phenoxy) is 2. The summed E-state index contributed by atoms with van der Waals surface area (Å²) in [5.41, 5.74) is -0.123. The van der Waals surface area contributed by atoms with Crippen LogP contribution in [0, 0.1) is 0 Å². The number of rotatable bonds is 4. The molecule has 0 radical (unpaired) electrons. The molecule has 8 heteroatoms. The SMILES string of the molecule is CC[C@@]1(C)NC(=O)N(c2cnc(Oc3cccc4c3C(C)(C)CO4)cn2)C1=O. The monoisotopic (exact) mass is 382 g/mol. The van der Waals surface area contributed by atoms with Gasteiger partial charge in [0.1, 0.15) is 17.0 Å². The first-order valence-corrected chi connectivity index (χ1v) is 9.18. The number of amides is 3. The quantitative estimate of drug-likeness (QED) is 0.817. The fourth-order valence-corrected chi connectivity index (χ4v) is 3.44. The first-order valence-electron chi connectivity index (χ1n) is 9.18. The Balaban J connectivity index is 1.59. The van der Waals surface area contributed by atoms with Crippen LogP contribution in [0.1, 0.15) is 39.7 Å². The molecule has 4 rings (SSSR count). The molecule has 8 nitrogen and oxygen atoms in total. The Kier molecular flexibility index (Phi) is 4.02. The Morgan fingerprint density at radius 1 is 1.21 bits per heavy atom. The van der Waals surface area contributed by atoms with Crippen molar-refractivity contribution in [2.75, 3.05) is 11.5 Å². The fourth-order valence-electron chi connectivity index (χ4n) is 3.44. The Labute approximate surface area is 162 Å². The normalized spacial score (nSPS) is 22.6. The number of imide groups is 1. The number of benzene rings is 1. The molecular weight excluding hydrogens is 360 g/mol. The Bertz CT molecular complexity index is 957. The third-order valence-corrected chi connectivity index (χ3v) is 5.28. The van der Waals surface area contributed by atoms with E-state index in [0.717, 1.165) is 16.2 Å². The molecule has 0 bridgehead atoms. The predicted molar refractivity (Wildman–Crippen MR) is 102 cm³/mol. The lowest BCUT2D eigenvalue weighted by Gasteiger charge is -2.19. The maximum Gasteiger partial charge on any atom is 0.330 e. The van der Waals surface area contributed by atoms with Crippen LogP contribution in [0.25, 0.3) is 0 Å². The molecule has 1 saturated heterocycles. The predicted octanol–water partition coefficient (Wildman–Crippen LogP) is 3.16. The van der Waals surface area contributed by atoms with E-state index in [9.17, 15) is 9.59 Å². The number of carbonyl (C=O) groups is 2. The Hall–Kier alpha value is -3.16. The van der Waals surface area contributed by atoms with Gasteiger partial charge in [-0.05, 0) is 25.5 Å². The van der Waals surface area contributed by atoms with Crippen molar-refractivity contribution in [1.29, 1.82) is 0 Å². The second-order valence-electron chi connectivity index (χ2n) is 7.87. The lowest BCUT2D eigenvalue weighted by atomic mass is 9.86. The number of aromatic nitrogens is 2. The zero-order valence-electron chi connectivity index (χ0n) is 16.3. The maximum atomic E-state index is 12.6. The number of urea groups is 1.